The fraction of sp³-hybridized carbons (Fsp3) is 0.632. The molecule has 1 aromatic rings. The summed E-state index contributed by atoms with van der Waals surface area (Å²) in [5.41, 5.74) is 0. The van der Waals surface area contributed by atoms with E-state index in [0.717, 1.165) is 12.8 Å². The Morgan fingerprint density at radius 1 is 1.19 bits per heavy atom. The van der Waals surface area contributed by atoms with Crippen molar-refractivity contribution >= 4 is 27.5 Å². The van der Waals surface area contributed by atoms with Gasteiger partial charge in [-0.2, -0.15) is 4.31 Å². The number of rotatable bonds is 9. The maximum atomic E-state index is 12.8. The lowest BCUT2D eigenvalue weighted by Gasteiger charge is -2.33. The topological polar surface area (TPSA) is 69.7 Å². The van der Waals surface area contributed by atoms with E-state index in [-0.39, 0.29) is 21.9 Å². The summed E-state index contributed by atoms with van der Waals surface area (Å²) in [5.74, 6) is 0.00131. The molecule has 0 aromatic heterocycles. The summed E-state index contributed by atoms with van der Waals surface area (Å²) in [4.78, 5) is 14.3. The van der Waals surface area contributed by atoms with Crippen molar-refractivity contribution in [2.45, 2.75) is 50.5 Å². The number of hydrogen-bond acceptors (Lipinski definition) is 4. The first-order valence-electron chi connectivity index (χ1n) is 9.61. The minimum atomic E-state index is -3.60. The number of piperazine rings is 1. The van der Waals surface area contributed by atoms with Crippen LogP contribution >= 0.6 is 11.6 Å². The second-order valence-electron chi connectivity index (χ2n) is 7.07. The molecule has 1 amide bonds. The molecule has 0 saturated carbocycles. The van der Waals surface area contributed by atoms with Crippen LogP contribution in [-0.4, -0.2) is 62.3 Å². The second-order valence-corrected chi connectivity index (χ2v) is 9.39. The van der Waals surface area contributed by atoms with Gasteiger partial charge in [-0.05, 0) is 25.5 Å². The van der Waals surface area contributed by atoms with E-state index in [1.54, 1.807) is 18.2 Å². The summed E-state index contributed by atoms with van der Waals surface area (Å²) in [6, 6.07) is 6.65. The molecule has 1 aliphatic heterocycles. The quantitative estimate of drug-likeness (QED) is 0.629. The fourth-order valence-corrected chi connectivity index (χ4v) is 5.13. The summed E-state index contributed by atoms with van der Waals surface area (Å²) < 4.78 is 26.9. The monoisotopic (exact) mass is 415 g/mol. The van der Waals surface area contributed by atoms with Crippen molar-refractivity contribution < 1.29 is 13.2 Å². The molecule has 0 aliphatic carbocycles. The Labute approximate surface area is 167 Å². The van der Waals surface area contributed by atoms with Crippen molar-refractivity contribution in [2.24, 2.45) is 0 Å². The number of nitrogens with one attached hydrogen (secondary N) is 1. The molecule has 152 valence electrons. The van der Waals surface area contributed by atoms with Crippen molar-refractivity contribution in [1.82, 2.24) is 14.5 Å². The van der Waals surface area contributed by atoms with E-state index in [1.807, 2.05) is 11.8 Å². The molecular weight excluding hydrogens is 386 g/mol. The van der Waals surface area contributed by atoms with E-state index in [0.29, 0.717) is 32.7 Å². The Bertz CT molecular complexity index is 719. The number of carbonyl (C=O) groups is 1. The van der Waals surface area contributed by atoms with E-state index in [9.17, 15) is 13.2 Å². The minimum Gasteiger partial charge on any atom is -0.353 e. The molecule has 0 bridgehead atoms. The Hall–Kier alpha value is -1.15. The average Bonchev–Trinajstić information content (AvgIpc) is 2.62. The Morgan fingerprint density at radius 2 is 1.85 bits per heavy atom. The number of nitrogens with zero attached hydrogens (tertiary/aromatic N) is 2. The summed E-state index contributed by atoms with van der Waals surface area (Å²) in [6.45, 7) is 6.26. The van der Waals surface area contributed by atoms with E-state index < -0.39 is 10.0 Å². The normalized spacial score (nSPS) is 17.6. The first-order chi connectivity index (χ1) is 12.8. The highest BCUT2D eigenvalue weighted by atomic mass is 35.5. The highest BCUT2D eigenvalue weighted by molar-refractivity contribution is 7.89. The van der Waals surface area contributed by atoms with Gasteiger partial charge >= 0.3 is 0 Å². The van der Waals surface area contributed by atoms with Gasteiger partial charge in [0.2, 0.25) is 15.9 Å². The third kappa shape index (κ3) is 6.45. The predicted octanol–water partition coefficient (Wildman–Crippen LogP) is 2.73. The SMILES string of the molecule is CCCCC[C@H](C)NC(=O)CN1CCN(S(=O)(=O)c2ccccc2Cl)CC1. The molecule has 1 N–H and O–H groups in total. The number of amides is 1. The molecule has 1 atom stereocenters. The Balaban J connectivity index is 1.81. The van der Waals surface area contributed by atoms with Gasteiger partial charge < -0.3 is 5.32 Å². The lowest BCUT2D eigenvalue weighted by atomic mass is 10.1. The second kappa shape index (κ2) is 10.4. The predicted molar refractivity (Wildman–Crippen MR) is 108 cm³/mol. The van der Waals surface area contributed by atoms with Crippen molar-refractivity contribution in [1.29, 1.82) is 0 Å². The van der Waals surface area contributed by atoms with Crippen LogP contribution in [0.5, 0.6) is 0 Å². The largest absolute Gasteiger partial charge is 0.353 e. The highest BCUT2D eigenvalue weighted by Crippen LogP contribution is 2.24. The molecular formula is C19H30ClN3O3S. The Kier molecular flexibility index (Phi) is 8.54. The molecule has 1 heterocycles. The van der Waals surface area contributed by atoms with Crippen molar-refractivity contribution in [3.8, 4) is 0 Å². The van der Waals surface area contributed by atoms with Gasteiger partial charge in [-0.25, -0.2) is 8.42 Å². The van der Waals surface area contributed by atoms with Crippen LogP contribution in [0.3, 0.4) is 0 Å². The zero-order valence-corrected chi connectivity index (χ0v) is 17.7. The van der Waals surface area contributed by atoms with Crippen molar-refractivity contribution in [2.75, 3.05) is 32.7 Å². The molecule has 0 unspecified atom stereocenters. The molecule has 6 nitrogen and oxygen atoms in total. The van der Waals surface area contributed by atoms with E-state index in [4.69, 9.17) is 11.6 Å². The van der Waals surface area contributed by atoms with Gasteiger partial charge in [0, 0.05) is 32.2 Å². The molecule has 2 rings (SSSR count). The molecule has 1 aliphatic rings. The van der Waals surface area contributed by atoms with Crippen LogP contribution in [0, 0.1) is 0 Å². The van der Waals surface area contributed by atoms with Crippen LogP contribution < -0.4 is 5.32 Å². The average molecular weight is 416 g/mol. The third-order valence-electron chi connectivity index (χ3n) is 4.80. The van der Waals surface area contributed by atoms with Crippen LogP contribution in [0.4, 0.5) is 0 Å². The molecule has 0 spiro atoms. The van der Waals surface area contributed by atoms with Crippen molar-refractivity contribution in [3.63, 3.8) is 0 Å². The number of halogens is 1. The number of sulfonamides is 1. The van der Waals surface area contributed by atoms with Gasteiger partial charge in [0.1, 0.15) is 4.90 Å². The van der Waals surface area contributed by atoms with Crippen LogP contribution in [-0.2, 0) is 14.8 Å². The Morgan fingerprint density at radius 3 is 2.48 bits per heavy atom. The van der Waals surface area contributed by atoms with Crippen LogP contribution in [0.25, 0.3) is 0 Å². The van der Waals surface area contributed by atoms with E-state index >= 15 is 0 Å². The molecule has 8 heteroatoms. The van der Waals surface area contributed by atoms with Gasteiger partial charge in [0.25, 0.3) is 0 Å². The van der Waals surface area contributed by atoms with Gasteiger partial charge in [-0.3, -0.25) is 9.69 Å². The van der Waals surface area contributed by atoms with Crippen LogP contribution in [0.15, 0.2) is 29.2 Å². The third-order valence-corrected chi connectivity index (χ3v) is 7.20. The van der Waals surface area contributed by atoms with E-state index in [2.05, 4.69) is 12.2 Å². The number of carbonyl (C=O) groups excluding carboxylic acids is 1. The molecule has 27 heavy (non-hydrogen) atoms. The summed E-state index contributed by atoms with van der Waals surface area (Å²) in [5, 5.41) is 3.26. The summed E-state index contributed by atoms with van der Waals surface area (Å²) >= 11 is 6.05. The fourth-order valence-electron chi connectivity index (χ4n) is 3.22. The van der Waals surface area contributed by atoms with Gasteiger partial charge in [0.15, 0.2) is 0 Å². The first-order valence-corrected chi connectivity index (χ1v) is 11.4. The molecule has 0 radical (unpaired) electrons. The standard InChI is InChI=1S/C19H30ClN3O3S/c1-3-4-5-8-16(2)21-19(24)15-22-11-13-23(14-12-22)27(25,26)18-10-7-6-9-17(18)20/h6-7,9-10,16H,3-5,8,11-15H2,1-2H3,(H,21,24)/t16-/m0/s1. The maximum Gasteiger partial charge on any atom is 0.244 e. The lowest BCUT2D eigenvalue weighted by Crippen LogP contribution is -2.51. The van der Waals surface area contributed by atoms with Crippen LogP contribution in [0.1, 0.15) is 39.5 Å². The summed E-state index contributed by atoms with van der Waals surface area (Å²) in [7, 11) is -3.60. The van der Waals surface area contributed by atoms with Crippen LogP contribution in [0.2, 0.25) is 5.02 Å². The van der Waals surface area contributed by atoms with Gasteiger partial charge in [0.05, 0.1) is 11.6 Å². The van der Waals surface area contributed by atoms with Gasteiger partial charge in [-0.1, -0.05) is 49.9 Å². The molecule has 1 fully saturated rings. The molecule has 1 saturated heterocycles. The number of benzene rings is 1. The number of unbranched alkanes of at least 4 members (excludes halogenated alkanes) is 2. The lowest BCUT2D eigenvalue weighted by molar-refractivity contribution is -0.123. The maximum absolute atomic E-state index is 12.8. The molecule has 1 aromatic carbocycles. The van der Waals surface area contributed by atoms with E-state index in [1.165, 1.54) is 23.2 Å². The summed E-state index contributed by atoms with van der Waals surface area (Å²) in [6.07, 6.45) is 4.46. The highest BCUT2D eigenvalue weighted by Gasteiger charge is 2.30. The zero-order valence-electron chi connectivity index (χ0n) is 16.2. The number of hydrogen-bond donors (Lipinski definition) is 1. The van der Waals surface area contributed by atoms with Crippen molar-refractivity contribution in [3.05, 3.63) is 29.3 Å². The smallest absolute Gasteiger partial charge is 0.244 e. The zero-order chi connectivity index (χ0) is 19.9. The first kappa shape index (κ1) is 22.1. The van der Waals surface area contributed by atoms with Gasteiger partial charge in [-0.15, -0.1) is 0 Å². The minimum absolute atomic E-state index is 0.00131.